The van der Waals surface area contributed by atoms with Crippen LogP contribution in [-0.2, 0) is 9.53 Å². The summed E-state index contributed by atoms with van der Waals surface area (Å²) in [5.74, 6) is 0.132. The first-order valence-electron chi connectivity index (χ1n) is 6.26. The van der Waals surface area contributed by atoms with Crippen molar-refractivity contribution in [3.05, 3.63) is 0 Å². The number of hydrogen-bond acceptors (Lipinski definition) is 3. The Bertz CT molecular complexity index is 278. The van der Waals surface area contributed by atoms with E-state index in [9.17, 15) is 4.79 Å². The third-order valence-electron chi connectivity index (χ3n) is 3.13. The number of ether oxygens (including phenoxy) is 1. The van der Waals surface area contributed by atoms with E-state index in [1.165, 1.54) is 0 Å². The van der Waals surface area contributed by atoms with Crippen LogP contribution < -0.4 is 5.73 Å². The van der Waals surface area contributed by atoms with Crippen molar-refractivity contribution in [2.45, 2.75) is 39.2 Å². The molecule has 0 aliphatic carbocycles. The monoisotopic (exact) mass is 258 g/mol. The molecule has 98 valence electrons. The number of nitrogens with zero attached hydrogens (tertiary/aromatic N) is 1. The molecule has 2 N–H and O–H groups in total. The summed E-state index contributed by atoms with van der Waals surface area (Å²) in [6, 6.07) is 0. The fourth-order valence-electron chi connectivity index (χ4n) is 1.93. The third kappa shape index (κ3) is 4.24. The van der Waals surface area contributed by atoms with Crippen molar-refractivity contribution < 1.29 is 9.53 Å². The highest BCUT2D eigenvalue weighted by Crippen LogP contribution is 2.15. The number of nitrogens with two attached hydrogens (primary N) is 1. The van der Waals surface area contributed by atoms with Crippen molar-refractivity contribution in [2.75, 3.05) is 19.7 Å². The lowest BCUT2D eigenvalue weighted by Gasteiger charge is -2.30. The first-order valence-corrected chi connectivity index (χ1v) is 6.66. The molecule has 0 radical (unpaired) electrons. The second kappa shape index (κ2) is 6.91. The summed E-state index contributed by atoms with van der Waals surface area (Å²) >= 11 is 4.94. The molecule has 1 saturated heterocycles. The van der Waals surface area contributed by atoms with Crippen molar-refractivity contribution in [3.63, 3.8) is 0 Å². The Morgan fingerprint density at radius 1 is 1.59 bits per heavy atom. The molecular formula is C12H22N2O2S. The Balaban J connectivity index is 2.53. The van der Waals surface area contributed by atoms with Crippen molar-refractivity contribution in [1.82, 2.24) is 4.90 Å². The molecular weight excluding hydrogens is 236 g/mol. The highest BCUT2D eigenvalue weighted by atomic mass is 32.1. The van der Waals surface area contributed by atoms with Crippen molar-refractivity contribution in [2.24, 2.45) is 11.7 Å². The summed E-state index contributed by atoms with van der Waals surface area (Å²) in [5, 5.41) is 0. The van der Waals surface area contributed by atoms with Crippen LogP contribution in [0.15, 0.2) is 0 Å². The summed E-state index contributed by atoms with van der Waals surface area (Å²) in [4.78, 5) is 14.5. The summed E-state index contributed by atoms with van der Waals surface area (Å²) < 4.78 is 5.51. The zero-order valence-corrected chi connectivity index (χ0v) is 11.5. The standard InChI is InChI=1S/C12H22N2O2S/c1-3-14(8-9(2)11(13)17)12(15)10-6-4-5-7-16-10/h9-10H,3-8H2,1-2H3,(H2,13,17). The number of likely N-dealkylation sites (N-methyl/N-ethyl adjacent to an activating group) is 1. The van der Waals surface area contributed by atoms with Gasteiger partial charge in [-0.15, -0.1) is 0 Å². The van der Waals surface area contributed by atoms with Crippen LogP contribution in [0.5, 0.6) is 0 Å². The third-order valence-corrected chi connectivity index (χ3v) is 3.53. The molecule has 2 unspecified atom stereocenters. The van der Waals surface area contributed by atoms with Crippen LogP contribution in [0.2, 0.25) is 0 Å². The fraction of sp³-hybridized carbons (Fsp3) is 0.833. The summed E-state index contributed by atoms with van der Waals surface area (Å²) in [5.41, 5.74) is 5.58. The molecule has 0 aromatic rings. The largest absolute Gasteiger partial charge is 0.393 e. The van der Waals surface area contributed by atoms with Gasteiger partial charge in [0.15, 0.2) is 0 Å². The zero-order chi connectivity index (χ0) is 12.8. The molecule has 1 heterocycles. The molecule has 2 atom stereocenters. The van der Waals surface area contributed by atoms with Gasteiger partial charge in [-0.05, 0) is 26.2 Å². The van der Waals surface area contributed by atoms with E-state index in [2.05, 4.69) is 0 Å². The first kappa shape index (κ1) is 14.4. The summed E-state index contributed by atoms with van der Waals surface area (Å²) in [6.45, 7) is 5.86. The van der Waals surface area contributed by atoms with Crippen LogP contribution in [-0.4, -0.2) is 41.6 Å². The predicted octanol–water partition coefficient (Wildman–Crippen LogP) is 1.33. The van der Waals surface area contributed by atoms with Crippen LogP contribution in [0.4, 0.5) is 0 Å². The maximum Gasteiger partial charge on any atom is 0.251 e. The molecule has 1 fully saturated rings. The average Bonchev–Trinajstić information content (AvgIpc) is 2.35. The second-order valence-corrected chi connectivity index (χ2v) is 5.01. The number of thiocarbonyl (C=S) groups is 1. The van der Waals surface area contributed by atoms with E-state index in [-0.39, 0.29) is 17.9 Å². The predicted molar refractivity (Wildman–Crippen MR) is 71.8 cm³/mol. The SMILES string of the molecule is CCN(CC(C)C(N)=S)C(=O)C1CCCCO1. The number of carbonyl (C=O) groups excluding carboxylic acids is 1. The van der Waals surface area contributed by atoms with Crippen molar-refractivity contribution >= 4 is 23.1 Å². The molecule has 1 aliphatic rings. The molecule has 5 heteroatoms. The van der Waals surface area contributed by atoms with E-state index in [4.69, 9.17) is 22.7 Å². The van der Waals surface area contributed by atoms with Gasteiger partial charge in [0, 0.05) is 25.6 Å². The molecule has 0 aromatic carbocycles. The molecule has 0 aromatic heterocycles. The lowest BCUT2D eigenvalue weighted by molar-refractivity contribution is -0.146. The van der Waals surface area contributed by atoms with E-state index >= 15 is 0 Å². The van der Waals surface area contributed by atoms with Crippen LogP contribution in [0.1, 0.15) is 33.1 Å². The maximum absolute atomic E-state index is 12.2. The molecule has 4 nitrogen and oxygen atoms in total. The highest BCUT2D eigenvalue weighted by molar-refractivity contribution is 7.80. The lowest BCUT2D eigenvalue weighted by Crippen LogP contribution is -2.45. The van der Waals surface area contributed by atoms with E-state index in [0.29, 0.717) is 24.7 Å². The van der Waals surface area contributed by atoms with Crippen LogP contribution in [0, 0.1) is 5.92 Å². The summed E-state index contributed by atoms with van der Waals surface area (Å²) in [6.07, 6.45) is 2.69. The van der Waals surface area contributed by atoms with Gasteiger partial charge in [0.25, 0.3) is 5.91 Å². The smallest absolute Gasteiger partial charge is 0.251 e. The van der Waals surface area contributed by atoms with Gasteiger partial charge in [-0.3, -0.25) is 4.79 Å². The minimum absolute atomic E-state index is 0.0532. The number of carbonyl (C=O) groups is 1. The number of hydrogen-bond donors (Lipinski definition) is 1. The van der Waals surface area contributed by atoms with E-state index in [0.717, 1.165) is 19.3 Å². The van der Waals surface area contributed by atoms with Gasteiger partial charge >= 0.3 is 0 Å². The quantitative estimate of drug-likeness (QED) is 0.756. The van der Waals surface area contributed by atoms with Crippen molar-refractivity contribution in [1.29, 1.82) is 0 Å². The normalized spacial score (nSPS) is 21.9. The molecule has 1 aliphatic heterocycles. The molecule has 17 heavy (non-hydrogen) atoms. The summed E-state index contributed by atoms with van der Waals surface area (Å²) in [7, 11) is 0. The lowest BCUT2D eigenvalue weighted by atomic mass is 10.1. The van der Waals surface area contributed by atoms with E-state index in [1.807, 2.05) is 13.8 Å². The van der Waals surface area contributed by atoms with E-state index < -0.39 is 0 Å². The van der Waals surface area contributed by atoms with E-state index in [1.54, 1.807) is 4.90 Å². The first-order chi connectivity index (χ1) is 8.06. The number of amides is 1. The molecule has 0 spiro atoms. The Morgan fingerprint density at radius 2 is 2.29 bits per heavy atom. The Labute approximate surface area is 108 Å². The Hall–Kier alpha value is -0.680. The number of rotatable bonds is 5. The Morgan fingerprint density at radius 3 is 2.76 bits per heavy atom. The molecule has 1 rings (SSSR count). The average molecular weight is 258 g/mol. The molecule has 1 amide bonds. The van der Waals surface area contributed by atoms with Gasteiger partial charge in [-0.2, -0.15) is 0 Å². The van der Waals surface area contributed by atoms with Crippen LogP contribution in [0.3, 0.4) is 0 Å². The second-order valence-electron chi connectivity index (χ2n) is 4.54. The van der Waals surface area contributed by atoms with Gasteiger partial charge in [0.2, 0.25) is 0 Å². The van der Waals surface area contributed by atoms with Gasteiger partial charge in [-0.25, -0.2) is 0 Å². The van der Waals surface area contributed by atoms with Gasteiger partial charge in [0.05, 0.1) is 4.99 Å². The van der Waals surface area contributed by atoms with Crippen molar-refractivity contribution in [3.8, 4) is 0 Å². The van der Waals surface area contributed by atoms with Crippen LogP contribution in [0.25, 0.3) is 0 Å². The zero-order valence-electron chi connectivity index (χ0n) is 10.6. The van der Waals surface area contributed by atoms with Gasteiger partial charge in [0.1, 0.15) is 6.10 Å². The molecule has 0 bridgehead atoms. The Kier molecular flexibility index (Phi) is 5.85. The highest BCUT2D eigenvalue weighted by Gasteiger charge is 2.27. The molecule has 0 saturated carbocycles. The van der Waals surface area contributed by atoms with Gasteiger partial charge < -0.3 is 15.4 Å². The topological polar surface area (TPSA) is 55.6 Å². The van der Waals surface area contributed by atoms with Gasteiger partial charge in [-0.1, -0.05) is 19.1 Å². The minimum atomic E-state index is -0.262. The fourth-order valence-corrected chi connectivity index (χ4v) is 2.01. The van der Waals surface area contributed by atoms with Crippen LogP contribution >= 0.6 is 12.2 Å². The minimum Gasteiger partial charge on any atom is -0.393 e. The maximum atomic E-state index is 12.2.